The SMILES string of the molecule is CCC(O)(CC)C(=O)[N+]1(C(=O)NCc2cc(Cl)ccc2CN)CCC[C@H]1C. The predicted molar refractivity (Wildman–Crippen MR) is 106 cm³/mol. The molecule has 6 nitrogen and oxygen atoms in total. The Kier molecular flexibility index (Phi) is 7.03. The van der Waals surface area contributed by atoms with Crippen molar-refractivity contribution in [1.82, 2.24) is 5.32 Å². The van der Waals surface area contributed by atoms with Crippen LogP contribution in [0, 0.1) is 0 Å². The summed E-state index contributed by atoms with van der Waals surface area (Å²) < 4.78 is -0.350. The molecule has 2 rings (SSSR count). The van der Waals surface area contributed by atoms with Crippen LogP contribution in [-0.4, -0.2) is 39.7 Å². The van der Waals surface area contributed by atoms with Crippen LogP contribution in [0.2, 0.25) is 5.02 Å². The number of nitrogens with two attached hydrogens (primary N) is 1. The summed E-state index contributed by atoms with van der Waals surface area (Å²) >= 11 is 6.07. The van der Waals surface area contributed by atoms with Crippen molar-refractivity contribution in [2.24, 2.45) is 5.73 Å². The number of quaternary nitrogens is 1. The summed E-state index contributed by atoms with van der Waals surface area (Å²) in [6.07, 6.45) is 2.12. The number of carbonyl (C=O) groups excluding carboxylic acids is 2. The van der Waals surface area contributed by atoms with Crippen molar-refractivity contribution in [1.29, 1.82) is 0 Å². The smallest absolute Gasteiger partial charge is 0.376 e. The van der Waals surface area contributed by atoms with Gasteiger partial charge in [-0.15, -0.1) is 0 Å². The molecule has 7 heteroatoms. The van der Waals surface area contributed by atoms with Gasteiger partial charge >= 0.3 is 11.9 Å². The van der Waals surface area contributed by atoms with Gasteiger partial charge < -0.3 is 16.2 Å². The Morgan fingerprint density at radius 2 is 2.00 bits per heavy atom. The van der Waals surface area contributed by atoms with Crippen molar-refractivity contribution in [3.63, 3.8) is 0 Å². The molecular formula is C20H31ClN3O3+. The van der Waals surface area contributed by atoms with E-state index in [2.05, 4.69) is 5.32 Å². The number of hydrogen-bond donors (Lipinski definition) is 3. The highest BCUT2D eigenvalue weighted by atomic mass is 35.5. The van der Waals surface area contributed by atoms with Gasteiger partial charge in [0.25, 0.3) is 0 Å². The fourth-order valence-electron chi connectivity index (χ4n) is 3.97. The first-order valence-electron chi connectivity index (χ1n) is 9.66. The van der Waals surface area contributed by atoms with Crippen LogP contribution in [0.4, 0.5) is 4.79 Å². The first kappa shape index (κ1) is 21.8. The highest BCUT2D eigenvalue weighted by Crippen LogP contribution is 2.33. The lowest BCUT2D eigenvalue weighted by atomic mass is 9.94. The average molecular weight is 397 g/mol. The molecule has 0 spiro atoms. The molecule has 0 bridgehead atoms. The van der Waals surface area contributed by atoms with Crippen LogP contribution >= 0.6 is 11.6 Å². The number of carbonyl (C=O) groups is 2. The zero-order valence-electron chi connectivity index (χ0n) is 16.4. The van der Waals surface area contributed by atoms with Crippen molar-refractivity contribution in [3.05, 3.63) is 34.3 Å². The van der Waals surface area contributed by atoms with Crippen LogP contribution in [0.25, 0.3) is 0 Å². The van der Waals surface area contributed by atoms with Gasteiger partial charge in [-0.25, -0.2) is 9.59 Å². The fraction of sp³-hybridized carbons (Fsp3) is 0.600. The zero-order valence-corrected chi connectivity index (χ0v) is 17.2. The largest absolute Gasteiger partial charge is 0.424 e. The van der Waals surface area contributed by atoms with Gasteiger partial charge in [-0.3, -0.25) is 0 Å². The maximum Gasteiger partial charge on any atom is 0.424 e. The van der Waals surface area contributed by atoms with Crippen LogP contribution < -0.4 is 11.1 Å². The number of likely N-dealkylation sites (tertiary alicyclic amines) is 1. The van der Waals surface area contributed by atoms with E-state index in [1.165, 1.54) is 0 Å². The zero-order chi connectivity index (χ0) is 20.2. The Morgan fingerprint density at radius 1 is 1.33 bits per heavy atom. The number of aliphatic hydroxyl groups is 1. The van der Waals surface area contributed by atoms with Crippen molar-refractivity contribution < 1.29 is 19.2 Å². The number of amides is 3. The molecule has 0 saturated carbocycles. The van der Waals surface area contributed by atoms with Gasteiger partial charge in [0.1, 0.15) is 6.04 Å². The molecule has 1 aromatic carbocycles. The number of nitrogens with one attached hydrogen (secondary N) is 1. The van der Waals surface area contributed by atoms with E-state index in [9.17, 15) is 14.7 Å². The number of rotatable bonds is 6. The molecule has 1 fully saturated rings. The molecule has 4 N–H and O–H groups in total. The number of nitrogens with zero attached hydrogens (tertiary/aromatic N) is 1. The molecule has 0 aromatic heterocycles. The van der Waals surface area contributed by atoms with Gasteiger partial charge in [-0.1, -0.05) is 31.5 Å². The molecular weight excluding hydrogens is 366 g/mol. The topological polar surface area (TPSA) is 92.4 Å². The molecule has 1 aliphatic rings. The van der Waals surface area contributed by atoms with E-state index in [4.69, 9.17) is 17.3 Å². The van der Waals surface area contributed by atoms with Gasteiger partial charge in [0.2, 0.25) is 0 Å². The minimum Gasteiger partial charge on any atom is -0.376 e. The standard InChI is InChI=1S/C20H30ClN3O3/c1-4-20(27,5-2)18(25)24(10-6-7-14(24)3)19(26)23-13-16-11-17(21)9-8-15(16)12-22/h8-9,11,14,27H,4-7,10,12-13,22H2,1-3H3/p+1/t14-,24?/m1/s1. The number of benzene rings is 1. The van der Waals surface area contributed by atoms with Gasteiger partial charge in [0, 0.05) is 31.0 Å². The minimum atomic E-state index is -1.49. The van der Waals surface area contributed by atoms with Crippen LogP contribution in [0.5, 0.6) is 0 Å². The second-order valence-corrected chi connectivity index (χ2v) is 7.84. The molecule has 2 atom stereocenters. The summed E-state index contributed by atoms with van der Waals surface area (Å²) in [6, 6.07) is 4.84. The summed E-state index contributed by atoms with van der Waals surface area (Å²) in [5, 5.41) is 14.3. The van der Waals surface area contributed by atoms with E-state index in [0.29, 0.717) is 18.1 Å². The van der Waals surface area contributed by atoms with Crippen LogP contribution in [0.15, 0.2) is 18.2 Å². The Morgan fingerprint density at radius 3 is 2.52 bits per heavy atom. The summed E-state index contributed by atoms with van der Waals surface area (Å²) in [7, 11) is 0. The Bertz CT molecular complexity index is 706. The Balaban J connectivity index is 2.29. The van der Waals surface area contributed by atoms with E-state index in [0.717, 1.165) is 24.0 Å². The lowest BCUT2D eigenvalue weighted by molar-refractivity contribution is -0.788. The van der Waals surface area contributed by atoms with E-state index >= 15 is 0 Å². The van der Waals surface area contributed by atoms with Crippen molar-refractivity contribution in [2.45, 2.75) is 71.2 Å². The van der Waals surface area contributed by atoms with Crippen molar-refractivity contribution >= 4 is 23.5 Å². The average Bonchev–Trinajstić information content (AvgIpc) is 3.07. The molecule has 0 aliphatic carbocycles. The quantitative estimate of drug-likeness (QED) is 0.644. The number of urea groups is 1. The minimum absolute atomic E-state index is 0.171. The molecule has 1 heterocycles. The van der Waals surface area contributed by atoms with Gasteiger partial charge in [-0.05, 0) is 43.0 Å². The molecule has 1 aromatic rings. The molecule has 1 aliphatic heterocycles. The maximum atomic E-state index is 13.3. The van der Waals surface area contributed by atoms with Crippen LogP contribution in [0.3, 0.4) is 0 Å². The molecule has 1 saturated heterocycles. The second-order valence-electron chi connectivity index (χ2n) is 7.40. The summed E-state index contributed by atoms with van der Waals surface area (Å²) in [5.74, 6) is -0.403. The summed E-state index contributed by atoms with van der Waals surface area (Å²) in [4.78, 5) is 26.5. The van der Waals surface area contributed by atoms with Crippen molar-refractivity contribution in [3.8, 4) is 0 Å². The first-order valence-corrected chi connectivity index (χ1v) is 10.0. The lowest BCUT2D eigenvalue weighted by Gasteiger charge is -2.38. The van der Waals surface area contributed by atoms with Crippen molar-refractivity contribution in [2.75, 3.05) is 6.54 Å². The van der Waals surface area contributed by atoms with E-state index in [1.54, 1.807) is 26.0 Å². The predicted octanol–water partition coefficient (Wildman–Crippen LogP) is 3.09. The van der Waals surface area contributed by atoms with Crippen LogP contribution in [0.1, 0.15) is 57.6 Å². The monoisotopic (exact) mass is 396 g/mol. The Hall–Kier alpha value is -1.47. The second kappa shape index (κ2) is 8.69. The normalized spacial score (nSPS) is 22.7. The van der Waals surface area contributed by atoms with Gasteiger partial charge in [0.05, 0.1) is 6.54 Å². The molecule has 150 valence electrons. The molecule has 1 unspecified atom stereocenters. The van der Waals surface area contributed by atoms with E-state index in [1.807, 2.05) is 13.0 Å². The fourth-order valence-corrected chi connectivity index (χ4v) is 4.16. The van der Waals surface area contributed by atoms with E-state index < -0.39 is 11.5 Å². The number of imide groups is 1. The van der Waals surface area contributed by atoms with Crippen LogP contribution in [-0.2, 0) is 17.9 Å². The molecule has 3 amide bonds. The Labute approximate surface area is 166 Å². The molecule has 27 heavy (non-hydrogen) atoms. The summed E-state index contributed by atoms with van der Waals surface area (Å²) in [6.45, 7) is 6.44. The third-order valence-corrected chi connectivity index (χ3v) is 6.23. The van der Waals surface area contributed by atoms with E-state index in [-0.39, 0.29) is 35.9 Å². The number of hydrogen-bond acceptors (Lipinski definition) is 4. The highest BCUT2D eigenvalue weighted by molar-refractivity contribution is 6.30. The van der Waals surface area contributed by atoms with Gasteiger partial charge in [-0.2, -0.15) is 4.48 Å². The highest BCUT2D eigenvalue weighted by Gasteiger charge is 2.58. The third-order valence-electron chi connectivity index (χ3n) is 6.00. The first-order chi connectivity index (χ1) is 12.7. The summed E-state index contributed by atoms with van der Waals surface area (Å²) in [5.41, 5.74) is 6.00. The molecule has 0 radical (unpaired) electrons. The maximum absolute atomic E-state index is 13.3. The third kappa shape index (κ3) is 4.04. The lowest BCUT2D eigenvalue weighted by Crippen LogP contribution is -2.68. The van der Waals surface area contributed by atoms with Gasteiger partial charge in [0.15, 0.2) is 5.60 Å². The number of halogens is 1.